The van der Waals surface area contributed by atoms with Crippen molar-refractivity contribution in [3.05, 3.63) is 29.3 Å². The lowest BCUT2D eigenvalue weighted by molar-refractivity contribution is -0.133. The summed E-state index contributed by atoms with van der Waals surface area (Å²) in [4.78, 5) is 2.27. The maximum absolute atomic E-state index is 9.03. The second kappa shape index (κ2) is 5.22. The van der Waals surface area contributed by atoms with E-state index >= 15 is 0 Å². The van der Waals surface area contributed by atoms with E-state index in [-0.39, 0.29) is 17.0 Å². The molecule has 5 nitrogen and oxygen atoms in total. The first-order valence-corrected chi connectivity index (χ1v) is 7.18. The molecule has 1 heterocycles. The van der Waals surface area contributed by atoms with E-state index in [1.165, 1.54) is 0 Å². The first kappa shape index (κ1) is 15.6. The number of aryl methyl sites for hydroxylation is 1. The highest BCUT2D eigenvalue weighted by Gasteiger charge is 2.39. The summed E-state index contributed by atoms with van der Waals surface area (Å²) in [5.74, 6) is 0.135. The van der Waals surface area contributed by atoms with Gasteiger partial charge in [-0.3, -0.25) is 0 Å². The molecule has 0 aliphatic carbocycles. The molecule has 1 fully saturated rings. The standard InChI is InChI=1S/C16H25N3O2/c1-11-7-6-8-12(14(17)18-20)13(11)19-9-15(2,3)21-16(4,5)10-19/h6-8,20H,9-10H2,1-5H3,(H2,17,18). The molecule has 1 saturated heterocycles. The van der Waals surface area contributed by atoms with E-state index in [2.05, 4.69) is 37.8 Å². The van der Waals surface area contributed by atoms with Crippen molar-refractivity contribution < 1.29 is 9.94 Å². The molecule has 0 bridgehead atoms. The number of hydrogen-bond acceptors (Lipinski definition) is 4. The minimum absolute atomic E-state index is 0.135. The number of hydrogen-bond donors (Lipinski definition) is 2. The number of oxime groups is 1. The largest absolute Gasteiger partial charge is 0.409 e. The molecule has 3 N–H and O–H groups in total. The second-order valence-corrected chi connectivity index (χ2v) is 6.93. The van der Waals surface area contributed by atoms with Crippen molar-refractivity contribution in [1.82, 2.24) is 0 Å². The number of anilines is 1. The molecule has 0 unspecified atom stereocenters. The Labute approximate surface area is 126 Å². The SMILES string of the molecule is Cc1cccc(/C(N)=N/O)c1N1CC(C)(C)OC(C)(C)C1. The topological polar surface area (TPSA) is 71.1 Å². The predicted molar refractivity (Wildman–Crippen MR) is 85.1 cm³/mol. The molecule has 0 saturated carbocycles. The van der Waals surface area contributed by atoms with Crippen molar-refractivity contribution in [2.45, 2.75) is 45.8 Å². The third-order valence-corrected chi connectivity index (χ3v) is 3.63. The minimum atomic E-state index is -0.258. The number of rotatable bonds is 2. The zero-order valence-corrected chi connectivity index (χ0v) is 13.5. The van der Waals surface area contributed by atoms with Crippen molar-refractivity contribution in [2.75, 3.05) is 18.0 Å². The van der Waals surface area contributed by atoms with Crippen molar-refractivity contribution in [3.63, 3.8) is 0 Å². The van der Waals surface area contributed by atoms with Gasteiger partial charge >= 0.3 is 0 Å². The van der Waals surface area contributed by atoms with Crippen LogP contribution in [0.25, 0.3) is 0 Å². The summed E-state index contributed by atoms with van der Waals surface area (Å²) in [7, 11) is 0. The molecule has 0 spiro atoms. The predicted octanol–water partition coefficient (Wildman–Crippen LogP) is 2.48. The van der Waals surface area contributed by atoms with E-state index in [1.807, 2.05) is 25.1 Å². The van der Waals surface area contributed by atoms with Crippen LogP contribution in [0.1, 0.15) is 38.8 Å². The molecule has 0 atom stereocenters. The van der Waals surface area contributed by atoms with Gasteiger partial charge in [-0.25, -0.2) is 0 Å². The summed E-state index contributed by atoms with van der Waals surface area (Å²) in [6.07, 6.45) is 0. The maximum atomic E-state index is 9.03. The van der Waals surface area contributed by atoms with Gasteiger partial charge in [0.1, 0.15) is 0 Å². The average molecular weight is 291 g/mol. The molecule has 0 aromatic heterocycles. The van der Waals surface area contributed by atoms with Crippen LogP contribution in [-0.2, 0) is 4.74 Å². The fourth-order valence-corrected chi connectivity index (χ4v) is 3.29. The van der Waals surface area contributed by atoms with Gasteiger partial charge in [-0.1, -0.05) is 17.3 Å². The summed E-state index contributed by atoms with van der Waals surface area (Å²) in [6, 6.07) is 5.84. The van der Waals surface area contributed by atoms with Crippen LogP contribution in [0.4, 0.5) is 5.69 Å². The number of ether oxygens (including phenoxy) is 1. The van der Waals surface area contributed by atoms with E-state index in [0.29, 0.717) is 0 Å². The van der Waals surface area contributed by atoms with Gasteiger partial charge < -0.3 is 20.6 Å². The summed E-state index contributed by atoms with van der Waals surface area (Å²) in [5.41, 5.74) is 8.20. The van der Waals surface area contributed by atoms with Crippen LogP contribution in [0, 0.1) is 6.92 Å². The Morgan fingerprint density at radius 2 is 1.81 bits per heavy atom. The van der Waals surface area contributed by atoms with Crippen LogP contribution in [0.3, 0.4) is 0 Å². The lowest BCUT2D eigenvalue weighted by atomic mass is 9.96. The zero-order chi connectivity index (χ0) is 15.8. The van der Waals surface area contributed by atoms with E-state index in [4.69, 9.17) is 15.7 Å². The molecular weight excluding hydrogens is 266 g/mol. The number of nitrogens with two attached hydrogens (primary N) is 1. The lowest BCUT2D eigenvalue weighted by Crippen LogP contribution is -2.57. The fraction of sp³-hybridized carbons (Fsp3) is 0.562. The summed E-state index contributed by atoms with van der Waals surface area (Å²) >= 11 is 0. The highest BCUT2D eigenvalue weighted by molar-refractivity contribution is 6.02. The molecule has 0 radical (unpaired) electrons. The number of para-hydroxylation sites is 1. The number of amidine groups is 1. The van der Waals surface area contributed by atoms with E-state index < -0.39 is 0 Å². The fourth-order valence-electron chi connectivity index (χ4n) is 3.29. The normalized spacial score (nSPS) is 21.4. The van der Waals surface area contributed by atoms with Gasteiger partial charge in [-0.05, 0) is 46.2 Å². The first-order valence-electron chi connectivity index (χ1n) is 7.18. The summed E-state index contributed by atoms with van der Waals surface area (Å²) < 4.78 is 6.13. The monoisotopic (exact) mass is 291 g/mol. The van der Waals surface area contributed by atoms with Gasteiger partial charge in [-0.2, -0.15) is 0 Å². The Hall–Kier alpha value is -1.75. The third kappa shape index (κ3) is 3.29. The molecule has 1 aromatic carbocycles. The number of benzene rings is 1. The summed E-state index contributed by atoms with van der Waals surface area (Å²) in [6.45, 7) is 11.9. The molecule has 2 rings (SSSR count). The molecular formula is C16H25N3O2. The van der Waals surface area contributed by atoms with Crippen LogP contribution in [0.2, 0.25) is 0 Å². The smallest absolute Gasteiger partial charge is 0.172 e. The Morgan fingerprint density at radius 3 is 2.33 bits per heavy atom. The Kier molecular flexibility index (Phi) is 3.89. The van der Waals surface area contributed by atoms with Crippen LogP contribution >= 0.6 is 0 Å². The van der Waals surface area contributed by atoms with Crippen molar-refractivity contribution in [1.29, 1.82) is 0 Å². The average Bonchev–Trinajstić information content (AvgIpc) is 2.33. The van der Waals surface area contributed by atoms with Gasteiger partial charge in [0.05, 0.1) is 16.9 Å². The highest BCUT2D eigenvalue weighted by Crippen LogP contribution is 2.34. The Bertz CT molecular complexity index is 549. The molecule has 1 aliphatic rings. The maximum Gasteiger partial charge on any atom is 0.172 e. The minimum Gasteiger partial charge on any atom is -0.409 e. The molecule has 1 aliphatic heterocycles. The zero-order valence-electron chi connectivity index (χ0n) is 13.5. The van der Waals surface area contributed by atoms with Crippen molar-refractivity contribution in [3.8, 4) is 0 Å². The number of nitrogens with zero attached hydrogens (tertiary/aromatic N) is 2. The first-order chi connectivity index (χ1) is 9.65. The molecule has 1 aromatic rings. The van der Waals surface area contributed by atoms with Gasteiger partial charge in [-0.15, -0.1) is 0 Å². The van der Waals surface area contributed by atoms with E-state index in [1.54, 1.807) is 0 Å². The van der Waals surface area contributed by atoms with Crippen LogP contribution in [-0.4, -0.2) is 35.3 Å². The van der Waals surface area contributed by atoms with E-state index in [9.17, 15) is 0 Å². The molecule has 116 valence electrons. The second-order valence-electron chi connectivity index (χ2n) is 6.93. The van der Waals surface area contributed by atoms with Crippen molar-refractivity contribution >= 4 is 11.5 Å². The van der Waals surface area contributed by atoms with Crippen molar-refractivity contribution in [2.24, 2.45) is 10.9 Å². The van der Waals surface area contributed by atoms with E-state index in [0.717, 1.165) is 29.9 Å². The summed E-state index contributed by atoms with van der Waals surface area (Å²) in [5, 5.41) is 12.2. The van der Waals surface area contributed by atoms with Gasteiger partial charge in [0.2, 0.25) is 0 Å². The van der Waals surface area contributed by atoms with Gasteiger partial charge in [0, 0.05) is 18.7 Å². The van der Waals surface area contributed by atoms with Gasteiger partial charge in [0.25, 0.3) is 0 Å². The molecule has 0 amide bonds. The lowest BCUT2D eigenvalue weighted by Gasteiger charge is -2.48. The van der Waals surface area contributed by atoms with Crippen LogP contribution in [0.15, 0.2) is 23.4 Å². The van der Waals surface area contributed by atoms with Gasteiger partial charge in [0.15, 0.2) is 5.84 Å². The third-order valence-electron chi connectivity index (χ3n) is 3.63. The number of morpholine rings is 1. The highest BCUT2D eigenvalue weighted by atomic mass is 16.5. The molecule has 5 heteroatoms. The Balaban J connectivity index is 2.51. The van der Waals surface area contributed by atoms with Crippen LogP contribution < -0.4 is 10.6 Å². The quantitative estimate of drug-likeness (QED) is 0.380. The Morgan fingerprint density at radius 1 is 1.24 bits per heavy atom. The molecule has 21 heavy (non-hydrogen) atoms. The van der Waals surface area contributed by atoms with Crippen LogP contribution in [0.5, 0.6) is 0 Å².